The number of nitrogens with one attached hydrogen (secondary N) is 1. The number of benzene rings is 1. The molecule has 3 N–H and O–H groups in total. The molecule has 5 nitrogen and oxygen atoms in total. The number of amides is 1. The van der Waals surface area contributed by atoms with Gasteiger partial charge >= 0.3 is 0 Å². The Bertz CT molecular complexity index is 678. The van der Waals surface area contributed by atoms with E-state index in [0.29, 0.717) is 13.1 Å². The zero-order valence-electron chi connectivity index (χ0n) is 13.5. The Morgan fingerprint density at radius 3 is 2.79 bits per heavy atom. The third-order valence-corrected chi connectivity index (χ3v) is 5.21. The quantitative estimate of drug-likeness (QED) is 0.851. The Morgan fingerprint density at radius 1 is 1.38 bits per heavy atom. The minimum Gasteiger partial charge on any atom is -0.364 e. The molecular weight excluding hydrogens is 346 g/mol. The van der Waals surface area contributed by atoms with Gasteiger partial charge in [-0.2, -0.15) is 0 Å². The molecule has 24 heavy (non-hydrogen) atoms. The summed E-state index contributed by atoms with van der Waals surface area (Å²) in [6.45, 7) is 2.93. The molecule has 0 saturated carbocycles. The van der Waals surface area contributed by atoms with Crippen molar-refractivity contribution in [3.63, 3.8) is 0 Å². The summed E-state index contributed by atoms with van der Waals surface area (Å²) in [5.74, 6) is -0.0602. The van der Waals surface area contributed by atoms with E-state index >= 15 is 0 Å². The lowest BCUT2D eigenvalue weighted by molar-refractivity contribution is -0.132. The first-order valence-corrected chi connectivity index (χ1v) is 8.64. The molecule has 2 atom stereocenters. The summed E-state index contributed by atoms with van der Waals surface area (Å²) in [6, 6.07) is 10.1. The van der Waals surface area contributed by atoms with Crippen LogP contribution in [0.15, 0.2) is 30.3 Å². The second-order valence-corrected chi connectivity index (χ2v) is 6.75. The number of carbonyl (C=O) groups is 1. The van der Waals surface area contributed by atoms with E-state index in [2.05, 4.69) is 10.3 Å². The van der Waals surface area contributed by atoms with Crippen molar-refractivity contribution >= 4 is 29.7 Å². The van der Waals surface area contributed by atoms with Crippen LogP contribution in [0.1, 0.15) is 23.4 Å². The maximum atomic E-state index is 12.2. The van der Waals surface area contributed by atoms with Gasteiger partial charge in [0.2, 0.25) is 5.91 Å². The minimum atomic E-state index is -0.370. The maximum Gasteiger partial charge on any atom is 0.249 e. The third kappa shape index (κ3) is 4.33. The average Bonchev–Trinajstić information content (AvgIpc) is 3.20. The highest BCUT2D eigenvalue weighted by Crippen LogP contribution is 2.27. The second kappa shape index (κ2) is 8.58. The first kappa shape index (κ1) is 18.9. The zero-order chi connectivity index (χ0) is 16.2. The molecule has 0 radical (unpaired) electrons. The lowest BCUT2D eigenvalue weighted by atomic mass is 10.2. The number of ether oxygens (including phenoxy) is 1. The van der Waals surface area contributed by atoms with Gasteiger partial charge in [0.15, 0.2) is 0 Å². The topological polar surface area (TPSA) is 77.2 Å². The molecule has 1 saturated heterocycles. The van der Waals surface area contributed by atoms with E-state index in [0.717, 1.165) is 34.0 Å². The molecule has 1 aromatic carbocycles. The van der Waals surface area contributed by atoms with Crippen LogP contribution in [0.4, 0.5) is 0 Å². The minimum absolute atomic E-state index is 0. The molecule has 2 heterocycles. The molecule has 0 bridgehead atoms. The summed E-state index contributed by atoms with van der Waals surface area (Å²) in [5.41, 5.74) is 7.64. The normalized spacial score (nSPS) is 19.8. The van der Waals surface area contributed by atoms with E-state index in [1.807, 2.05) is 37.3 Å². The van der Waals surface area contributed by atoms with Crippen LogP contribution in [0.3, 0.4) is 0 Å². The predicted molar refractivity (Wildman–Crippen MR) is 98.3 cm³/mol. The molecule has 1 aliphatic heterocycles. The molecule has 1 fully saturated rings. The molecule has 0 unspecified atom stereocenters. The Labute approximate surface area is 152 Å². The number of halogens is 1. The monoisotopic (exact) mass is 367 g/mol. The first-order valence-electron chi connectivity index (χ1n) is 7.82. The van der Waals surface area contributed by atoms with E-state index in [1.54, 1.807) is 11.3 Å². The summed E-state index contributed by atoms with van der Waals surface area (Å²) in [7, 11) is 0. The molecule has 2 aromatic rings. The number of carbonyl (C=O) groups excluding carboxylic acids is 1. The number of rotatable bonds is 5. The number of nitrogens with zero attached hydrogens (tertiary/aromatic N) is 1. The summed E-state index contributed by atoms with van der Waals surface area (Å²) >= 11 is 1.62. The number of thiazole rings is 1. The van der Waals surface area contributed by atoms with Crippen molar-refractivity contribution in [2.75, 3.05) is 6.54 Å². The van der Waals surface area contributed by atoms with Crippen LogP contribution in [-0.4, -0.2) is 29.6 Å². The Morgan fingerprint density at radius 2 is 2.12 bits per heavy atom. The zero-order valence-corrected chi connectivity index (χ0v) is 15.2. The van der Waals surface area contributed by atoms with E-state index in [4.69, 9.17) is 10.5 Å². The molecule has 1 aromatic heterocycles. The van der Waals surface area contributed by atoms with Crippen molar-refractivity contribution in [1.29, 1.82) is 0 Å². The number of hydrogen-bond acceptors (Lipinski definition) is 5. The lowest BCUT2D eigenvalue weighted by Gasteiger charge is -2.12. The molecule has 1 aliphatic rings. The van der Waals surface area contributed by atoms with Crippen molar-refractivity contribution in [2.24, 2.45) is 5.73 Å². The molecule has 7 heteroatoms. The van der Waals surface area contributed by atoms with E-state index in [9.17, 15) is 4.79 Å². The highest BCUT2D eigenvalue weighted by Gasteiger charge is 2.29. The number of aromatic nitrogens is 1. The smallest absolute Gasteiger partial charge is 0.249 e. The van der Waals surface area contributed by atoms with Gasteiger partial charge in [-0.15, -0.1) is 23.7 Å². The highest BCUT2D eigenvalue weighted by molar-refractivity contribution is 7.15. The number of aryl methyl sites for hydroxylation is 1. The van der Waals surface area contributed by atoms with Crippen molar-refractivity contribution in [3.05, 3.63) is 40.9 Å². The van der Waals surface area contributed by atoms with Gasteiger partial charge in [-0.25, -0.2) is 4.98 Å². The third-order valence-electron chi connectivity index (χ3n) is 4.00. The van der Waals surface area contributed by atoms with Gasteiger partial charge in [-0.3, -0.25) is 4.79 Å². The first-order chi connectivity index (χ1) is 11.2. The molecular formula is C17H22ClN3O2S. The van der Waals surface area contributed by atoms with Crippen LogP contribution < -0.4 is 11.1 Å². The van der Waals surface area contributed by atoms with Gasteiger partial charge in [0.1, 0.15) is 11.1 Å². The summed E-state index contributed by atoms with van der Waals surface area (Å²) in [6.07, 6.45) is 1.24. The van der Waals surface area contributed by atoms with Crippen LogP contribution in [0.25, 0.3) is 10.6 Å². The SMILES string of the molecule is Cc1nc(-c2ccccc2)sc1CNC(=O)[C@@H]1CC[C@H](CN)O1.Cl. The van der Waals surface area contributed by atoms with Gasteiger partial charge < -0.3 is 15.8 Å². The van der Waals surface area contributed by atoms with Crippen LogP contribution in [0.5, 0.6) is 0 Å². The predicted octanol–water partition coefficient (Wildman–Crippen LogP) is 2.66. The fourth-order valence-electron chi connectivity index (χ4n) is 2.65. The molecule has 0 aliphatic carbocycles. The maximum absolute atomic E-state index is 12.2. The van der Waals surface area contributed by atoms with E-state index in [1.165, 1.54) is 0 Å². The standard InChI is InChI=1S/C17H21N3O2S.ClH/c1-11-15(23-17(20-11)12-5-3-2-4-6-12)10-19-16(21)14-8-7-13(9-18)22-14;/h2-6,13-14H,7-10,18H2,1H3,(H,19,21);1H/t13-,14+;/m1./s1. The largest absolute Gasteiger partial charge is 0.364 e. The fourth-order valence-corrected chi connectivity index (χ4v) is 3.66. The second-order valence-electron chi connectivity index (χ2n) is 5.67. The Kier molecular flexibility index (Phi) is 6.74. The van der Waals surface area contributed by atoms with Gasteiger partial charge in [0, 0.05) is 17.0 Å². The summed E-state index contributed by atoms with van der Waals surface area (Å²) in [4.78, 5) is 17.9. The average molecular weight is 368 g/mol. The molecule has 1 amide bonds. The Hall–Kier alpha value is -1.47. The fraction of sp³-hybridized carbons (Fsp3) is 0.412. The van der Waals surface area contributed by atoms with Crippen LogP contribution in [0, 0.1) is 6.92 Å². The molecule has 3 rings (SSSR count). The number of hydrogen-bond donors (Lipinski definition) is 2. The Balaban J connectivity index is 0.00000208. The van der Waals surface area contributed by atoms with Gasteiger partial charge in [-0.05, 0) is 19.8 Å². The van der Waals surface area contributed by atoms with Gasteiger partial charge in [0.25, 0.3) is 0 Å². The van der Waals surface area contributed by atoms with Gasteiger partial charge in [-0.1, -0.05) is 30.3 Å². The lowest BCUT2D eigenvalue weighted by Crippen LogP contribution is -2.35. The highest BCUT2D eigenvalue weighted by atomic mass is 35.5. The van der Waals surface area contributed by atoms with Crippen LogP contribution >= 0.6 is 23.7 Å². The van der Waals surface area contributed by atoms with Crippen molar-refractivity contribution in [1.82, 2.24) is 10.3 Å². The van der Waals surface area contributed by atoms with Crippen LogP contribution in [0.2, 0.25) is 0 Å². The van der Waals surface area contributed by atoms with E-state index in [-0.39, 0.29) is 30.5 Å². The van der Waals surface area contributed by atoms with Crippen molar-refractivity contribution in [2.45, 2.75) is 38.5 Å². The summed E-state index contributed by atoms with van der Waals surface area (Å²) < 4.78 is 5.62. The van der Waals surface area contributed by atoms with Crippen molar-refractivity contribution in [3.8, 4) is 10.6 Å². The summed E-state index contributed by atoms with van der Waals surface area (Å²) in [5, 5.41) is 3.94. The van der Waals surface area contributed by atoms with Crippen molar-refractivity contribution < 1.29 is 9.53 Å². The molecule has 130 valence electrons. The van der Waals surface area contributed by atoms with Gasteiger partial charge in [0.05, 0.1) is 18.3 Å². The number of nitrogens with two attached hydrogens (primary N) is 1. The van der Waals surface area contributed by atoms with Crippen LogP contribution in [-0.2, 0) is 16.1 Å². The van der Waals surface area contributed by atoms with E-state index < -0.39 is 0 Å². The molecule has 0 spiro atoms.